The molecule has 0 radical (unpaired) electrons. The first-order valence-electron chi connectivity index (χ1n) is 6.02. The normalized spacial score (nSPS) is 9.74. The van der Waals surface area contributed by atoms with Crippen molar-refractivity contribution in [2.45, 2.75) is 6.42 Å². The van der Waals surface area contributed by atoms with Crippen LogP contribution in [0.2, 0.25) is 0 Å². The van der Waals surface area contributed by atoms with E-state index in [1.54, 1.807) is 37.4 Å². The number of pyridine rings is 1. The van der Waals surface area contributed by atoms with Crippen LogP contribution in [0.15, 0.2) is 18.3 Å². The van der Waals surface area contributed by atoms with Gasteiger partial charge in [0.15, 0.2) is 0 Å². The monoisotopic (exact) mass is 262 g/mol. The van der Waals surface area contributed by atoms with Gasteiger partial charge in [0.1, 0.15) is 5.82 Å². The van der Waals surface area contributed by atoms with Crippen LogP contribution in [0.3, 0.4) is 0 Å². The molecule has 6 heteroatoms. The van der Waals surface area contributed by atoms with E-state index in [9.17, 15) is 4.79 Å². The molecule has 0 aromatic carbocycles. The molecular weight excluding hydrogens is 244 g/mol. The Hall–Kier alpha value is -2.13. The lowest BCUT2D eigenvalue weighted by atomic mass is 10.2. The van der Waals surface area contributed by atoms with Gasteiger partial charge in [-0.25, -0.2) is 4.98 Å². The van der Waals surface area contributed by atoms with E-state index < -0.39 is 0 Å². The maximum absolute atomic E-state index is 12.3. The second-order valence-corrected chi connectivity index (χ2v) is 3.87. The number of nitrogens with one attached hydrogen (secondary N) is 1. The number of hydrogen-bond acceptors (Lipinski definition) is 5. The average Bonchev–Trinajstić information content (AvgIpc) is 2.47. The van der Waals surface area contributed by atoms with Crippen molar-refractivity contribution in [3.05, 3.63) is 23.9 Å². The molecule has 0 unspecified atom stereocenters. The molecule has 0 aliphatic carbocycles. The van der Waals surface area contributed by atoms with E-state index in [-0.39, 0.29) is 5.91 Å². The third-order valence-electron chi connectivity index (χ3n) is 2.61. The standard InChI is InChI=1S/C13H18N4O2/c1-15-12-10-11(4-6-16-12)13(18)17(7-3-5-14)8-9-19-2/h4,6,10H,3,7-9H2,1-2H3,(H,15,16). The molecule has 0 bridgehead atoms. The van der Waals surface area contributed by atoms with Crippen molar-refractivity contribution in [2.24, 2.45) is 0 Å². The molecule has 0 fully saturated rings. The summed E-state index contributed by atoms with van der Waals surface area (Å²) < 4.78 is 4.98. The molecule has 0 saturated heterocycles. The predicted octanol–water partition coefficient (Wildman–Crippen LogP) is 1.13. The third kappa shape index (κ3) is 4.56. The first-order valence-corrected chi connectivity index (χ1v) is 6.02. The number of nitriles is 1. The minimum absolute atomic E-state index is 0.119. The highest BCUT2D eigenvalue weighted by Crippen LogP contribution is 2.09. The SMILES string of the molecule is CNc1cc(C(=O)N(CCC#N)CCOC)ccn1. The number of aromatic nitrogens is 1. The molecule has 1 aromatic heterocycles. The summed E-state index contributed by atoms with van der Waals surface area (Å²) in [6.07, 6.45) is 1.89. The summed E-state index contributed by atoms with van der Waals surface area (Å²) in [6, 6.07) is 5.40. The summed E-state index contributed by atoms with van der Waals surface area (Å²) in [6.45, 7) is 1.31. The van der Waals surface area contributed by atoms with Crippen LogP contribution >= 0.6 is 0 Å². The molecule has 102 valence electrons. The van der Waals surface area contributed by atoms with E-state index in [1.807, 2.05) is 6.07 Å². The fourth-order valence-electron chi connectivity index (χ4n) is 1.58. The number of ether oxygens (including phenoxy) is 1. The van der Waals surface area contributed by atoms with E-state index in [0.29, 0.717) is 37.5 Å². The molecule has 6 nitrogen and oxygen atoms in total. The van der Waals surface area contributed by atoms with Crippen molar-refractivity contribution in [2.75, 3.05) is 39.2 Å². The Morgan fingerprint density at radius 1 is 1.58 bits per heavy atom. The molecule has 1 amide bonds. The van der Waals surface area contributed by atoms with Gasteiger partial charge in [-0.05, 0) is 12.1 Å². The van der Waals surface area contributed by atoms with Gasteiger partial charge in [-0.3, -0.25) is 4.79 Å². The highest BCUT2D eigenvalue weighted by molar-refractivity contribution is 5.94. The van der Waals surface area contributed by atoms with Gasteiger partial charge in [-0.1, -0.05) is 0 Å². The summed E-state index contributed by atoms with van der Waals surface area (Å²) in [4.78, 5) is 18.0. The molecule has 19 heavy (non-hydrogen) atoms. The number of anilines is 1. The zero-order chi connectivity index (χ0) is 14.1. The molecule has 0 atom stereocenters. The van der Waals surface area contributed by atoms with Gasteiger partial charge in [0.05, 0.1) is 19.1 Å². The van der Waals surface area contributed by atoms with Crippen LogP contribution in [0.4, 0.5) is 5.82 Å². The molecule has 0 saturated carbocycles. The Balaban J connectivity index is 2.81. The number of methoxy groups -OCH3 is 1. The molecular formula is C13H18N4O2. The van der Waals surface area contributed by atoms with E-state index in [0.717, 1.165) is 0 Å². The van der Waals surface area contributed by atoms with Crippen LogP contribution in [0.5, 0.6) is 0 Å². The molecule has 0 aliphatic rings. The molecule has 1 rings (SSSR count). The van der Waals surface area contributed by atoms with Crippen LogP contribution in [-0.4, -0.2) is 49.6 Å². The number of carbonyl (C=O) groups is 1. The Morgan fingerprint density at radius 2 is 2.37 bits per heavy atom. The molecule has 0 aliphatic heterocycles. The number of carbonyl (C=O) groups excluding carboxylic acids is 1. The number of nitrogens with zero attached hydrogens (tertiary/aromatic N) is 3. The van der Waals surface area contributed by atoms with Crippen molar-refractivity contribution in [1.29, 1.82) is 5.26 Å². The first-order chi connectivity index (χ1) is 9.22. The third-order valence-corrected chi connectivity index (χ3v) is 2.61. The van der Waals surface area contributed by atoms with Gasteiger partial charge in [-0.2, -0.15) is 5.26 Å². The van der Waals surface area contributed by atoms with E-state index in [4.69, 9.17) is 10.00 Å². The molecule has 1 N–H and O–H groups in total. The minimum Gasteiger partial charge on any atom is -0.383 e. The zero-order valence-corrected chi connectivity index (χ0v) is 11.2. The van der Waals surface area contributed by atoms with Gasteiger partial charge in [0.25, 0.3) is 5.91 Å². The van der Waals surface area contributed by atoms with E-state index in [2.05, 4.69) is 10.3 Å². The smallest absolute Gasteiger partial charge is 0.254 e. The van der Waals surface area contributed by atoms with Gasteiger partial charge >= 0.3 is 0 Å². The Labute approximate surface area is 113 Å². The van der Waals surface area contributed by atoms with Gasteiger partial charge in [0, 0.05) is 39.0 Å². The largest absolute Gasteiger partial charge is 0.383 e. The van der Waals surface area contributed by atoms with Crippen LogP contribution in [0, 0.1) is 11.3 Å². The topological polar surface area (TPSA) is 78.2 Å². The summed E-state index contributed by atoms with van der Waals surface area (Å²) in [5.74, 6) is 0.518. The second-order valence-electron chi connectivity index (χ2n) is 3.87. The maximum atomic E-state index is 12.3. The summed E-state index contributed by atoms with van der Waals surface area (Å²) in [5, 5.41) is 11.5. The highest BCUT2D eigenvalue weighted by Gasteiger charge is 2.15. The fraction of sp³-hybridized carbons (Fsp3) is 0.462. The van der Waals surface area contributed by atoms with Crippen LogP contribution in [0.25, 0.3) is 0 Å². The quantitative estimate of drug-likeness (QED) is 0.796. The van der Waals surface area contributed by atoms with Crippen LogP contribution in [-0.2, 0) is 4.74 Å². The number of amides is 1. The highest BCUT2D eigenvalue weighted by atomic mass is 16.5. The maximum Gasteiger partial charge on any atom is 0.254 e. The first kappa shape index (κ1) is 14.9. The van der Waals surface area contributed by atoms with Gasteiger partial charge < -0.3 is 15.0 Å². The zero-order valence-electron chi connectivity index (χ0n) is 11.2. The second kappa shape index (κ2) is 8.06. The summed E-state index contributed by atoms with van der Waals surface area (Å²) >= 11 is 0. The van der Waals surface area contributed by atoms with Crippen molar-refractivity contribution < 1.29 is 9.53 Å². The van der Waals surface area contributed by atoms with Gasteiger partial charge in [0.2, 0.25) is 0 Å². The van der Waals surface area contributed by atoms with E-state index in [1.165, 1.54) is 0 Å². The fourth-order valence-corrected chi connectivity index (χ4v) is 1.58. The Kier molecular flexibility index (Phi) is 6.33. The van der Waals surface area contributed by atoms with Crippen molar-refractivity contribution in [3.8, 4) is 6.07 Å². The molecule has 1 heterocycles. The van der Waals surface area contributed by atoms with Crippen molar-refractivity contribution in [1.82, 2.24) is 9.88 Å². The van der Waals surface area contributed by atoms with Gasteiger partial charge in [-0.15, -0.1) is 0 Å². The lowest BCUT2D eigenvalue weighted by molar-refractivity contribution is 0.0700. The van der Waals surface area contributed by atoms with E-state index >= 15 is 0 Å². The Morgan fingerprint density at radius 3 is 3.00 bits per heavy atom. The lowest BCUT2D eigenvalue weighted by Gasteiger charge is -2.21. The Bertz CT molecular complexity index is 456. The molecule has 1 aromatic rings. The van der Waals surface area contributed by atoms with Crippen molar-refractivity contribution in [3.63, 3.8) is 0 Å². The van der Waals surface area contributed by atoms with Crippen LogP contribution in [0.1, 0.15) is 16.8 Å². The minimum atomic E-state index is -0.119. The van der Waals surface area contributed by atoms with Crippen LogP contribution < -0.4 is 5.32 Å². The lowest BCUT2D eigenvalue weighted by Crippen LogP contribution is -2.34. The number of rotatable bonds is 7. The summed E-state index contributed by atoms with van der Waals surface area (Å²) in [7, 11) is 3.33. The molecule has 0 spiro atoms. The summed E-state index contributed by atoms with van der Waals surface area (Å²) in [5.41, 5.74) is 0.549. The number of hydrogen-bond donors (Lipinski definition) is 1. The predicted molar refractivity (Wildman–Crippen MR) is 71.8 cm³/mol. The average molecular weight is 262 g/mol. The van der Waals surface area contributed by atoms with Crippen molar-refractivity contribution >= 4 is 11.7 Å².